The van der Waals surface area contributed by atoms with Gasteiger partial charge in [0.2, 0.25) is 0 Å². The van der Waals surface area contributed by atoms with Crippen LogP contribution >= 0.6 is 0 Å². The Balaban J connectivity index is 0.000000252. The second-order valence-electron chi connectivity index (χ2n) is 2.56. The smallest absolute Gasteiger partial charge is 0.198 e. The summed E-state index contributed by atoms with van der Waals surface area (Å²) in [5.74, 6) is 0. The molecule has 0 bridgehead atoms. The lowest BCUT2D eigenvalue weighted by Gasteiger charge is -2.06. The lowest BCUT2D eigenvalue weighted by molar-refractivity contribution is -0.751. The van der Waals surface area contributed by atoms with Gasteiger partial charge < -0.3 is 9.11 Å². The Labute approximate surface area is 77.0 Å². The Morgan fingerprint density at radius 1 is 1.46 bits per heavy atom. The number of hydrogen-bond acceptors (Lipinski definition) is 4. The molecule has 0 aliphatic rings. The Hall–Kier alpha value is -0.920. The van der Waals surface area contributed by atoms with E-state index < -0.39 is 10.4 Å². The van der Waals surface area contributed by atoms with Gasteiger partial charge in [-0.1, -0.05) is 0 Å². The predicted molar refractivity (Wildman–Crippen MR) is 41.8 cm³/mol. The average Bonchev–Trinajstić information content (AvgIpc) is 2.05. The molecule has 0 aliphatic heterocycles. The lowest BCUT2D eigenvalue weighted by Crippen LogP contribution is -2.35. The molecular formula is C6H11N2O4S-. The number of aromatic nitrogens is 2. The van der Waals surface area contributed by atoms with Gasteiger partial charge in [-0.25, -0.2) is 0 Å². The van der Waals surface area contributed by atoms with Gasteiger partial charge in [-0.05, 0) is 6.92 Å². The molecule has 0 N–H and O–H groups in total. The quantitative estimate of drug-likeness (QED) is 0.304. The zero-order valence-corrected chi connectivity index (χ0v) is 8.41. The average molecular weight is 207 g/mol. The Morgan fingerprint density at radius 3 is 1.92 bits per heavy atom. The van der Waals surface area contributed by atoms with E-state index in [4.69, 9.17) is 17.5 Å². The summed E-state index contributed by atoms with van der Waals surface area (Å²) in [6, 6.07) is 0. The van der Waals surface area contributed by atoms with Crippen LogP contribution in [0.4, 0.5) is 0 Å². The first-order chi connectivity index (χ1) is 5.70. The van der Waals surface area contributed by atoms with E-state index in [-0.39, 0.29) is 0 Å². The van der Waals surface area contributed by atoms with Crippen LogP contribution in [0, 0.1) is 6.92 Å². The Bertz CT molecular complexity index is 340. The van der Waals surface area contributed by atoms with Crippen molar-refractivity contribution in [3.8, 4) is 0 Å². The van der Waals surface area contributed by atoms with Crippen molar-refractivity contribution in [3.63, 3.8) is 0 Å². The Kier molecular flexibility index (Phi) is 4.05. The standard InChI is InChI=1S/C6H11N2.H2O4S/c1-6-4-7(2)8(3)5-6;1-5(2,3)4/h4-5H,1-3H3;(H2,1,2,3,4)/q+1;/p-2. The second kappa shape index (κ2) is 4.35. The van der Waals surface area contributed by atoms with E-state index in [1.807, 2.05) is 23.5 Å². The van der Waals surface area contributed by atoms with Gasteiger partial charge in [0.05, 0.1) is 13.2 Å². The molecule has 0 aromatic carbocycles. The van der Waals surface area contributed by atoms with E-state index in [9.17, 15) is 0 Å². The van der Waals surface area contributed by atoms with Crippen molar-refractivity contribution in [2.45, 2.75) is 6.92 Å². The molecule has 13 heavy (non-hydrogen) atoms. The van der Waals surface area contributed by atoms with Crippen LogP contribution in [-0.2, 0) is 24.5 Å². The van der Waals surface area contributed by atoms with E-state index in [1.165, 1.54) is 5.56 Å². The maximum absolute atomic E-state index is 8.52. The summed E-state index contributed by atoms with van der Waals surface area (Å²) < 4.78 is 38.2. The summed E-state index contributed by atoms with van der Waals surface area (Å²) in [6.45, 7) is 2.08. The van der Waals surface area contributed by atoms with Crippen molar-refractivity contribution in [2.24, 2.45) is 14.1 Å². The molecule has 76 valence electrons. The van der Waals surface area contributed by atoms with Crippen molar-refractivity contribution in [3.05, 3.63) is 18.0 Å². The molecular weight excluding hydrogens is 196 g/mol. The molecule has 0 radical (unpaired) electrons. The minimum atomic E-state index is -5.17. The number of rotatable bonds is 0. The van der Waals surface area contributed by atoms with Crippen LogP contribution in [0.1, 0.15) is 5.56 Å². The monoisotopic (exact) mass is 207 g/mol. The Morgan fingerprint density at radius 2 is 1.85 bits per heavy atom. The molecule has 7 heteroatoms. The summed E-state index contributed by atoms with van der Waals surface area (Å²) in [6.07, 6.45) is 4.17. The highest BCUT2D eigenvalue weighted by Gasteiger charge is 1.97. The van der Waals surface area contributed by atoms with E-state index in [0.717, 1.165) is 0 Å². The third kappa shape index (κ3) is 7.44. The molecule has 0 saturated heterocycles. The molecule has 1 heterocycles. The zero-order chi connectivity index (χ0) is 10.6. The fourth-order valence-corrected chi connectivity index (χ4v) is 0.805. The van der Waals surface area contributed by atoms with Gasteiger partial charge in [0.25, 0.3) is 0 Å². The first kappa shape index (κ1) is 12.1. The molecule has 0 aliphatic carbocycles. The molecule has 0 saturated carbocycles. The minimum absolute atomic E-state index is 1.30. The molecule has 6 nitrogen and oxygen atoms in total. The van der Waals surface area contributed by atoms with Crippen molar-refractivity contribution < 1.29 is 22.2 Å². The maximum Gasteiger partial charge on any atom is 0.198 e. The van der Waals surface area contributed by atoms with Crippen LogP contribution in [-0.4, -0.2) is 22.2 Å². The van der Waals surface area contributed by atoms with Crippen LogP contribution in [0.5, 0.6) is 0 Å². The van der Waals surface area contributed by atoms with Gasteiger partial charge >= 0.3 is 0 Å². The fourth-order valence-electron chi connectivity index (χ4n) is 0.805. The molecule has 1 aromatic heterocycles. The summed E-state index contributed by atoms with van der Waals surface area (Å²) in [5.41, 5.74) is 1.30. The topological polar surface area (TPSA) is 89.1 Å². The molecule has 0 spiro atoms. The molecule has 0 amide bonds. The van der Waals surface area contributed by atoms with Crippen molar-refractivity contribution in [1.29, 1.82) is 0 Å². The summed E-state index contributed by atoms with van der Waals surface area (Å²) in [5, 5.41) is 0. The molecule has 0 fully saturated rings. The largest absolute Gasteiger partial charge is 0.759 e. The van der Waals surface area contributed by atoms with Crippen LogP contribution in [0.15, 0.2) is 12.4 Å². The number of aryl methyl sites for hydroxylation is 3. The third-order valence-corrected chi connectivity index (χ3v) is 1.28. The van der Waals surface area contributed by atoms with Crippen LogP contribution in [0.3, 0.4) is 0 Å². The first-order valence-electron chi connectivity index (χ1n) is 3.35. The summed E-state index contributed by atoms with van der Waals surface area (Å²) in [7, 11) is -1.12. The van der Waals surface area contributed by atoms with E-state index in [0.29, 0.717) is 0 Å². The normalized spacial score (nSPS) is 10.5. The third-order valence-electron chi connectivity index (χ3n) is 1.28. The van der Waals surface area contributed by atoms with E-state index >= 15 is 0 Å². The lowest BCUT2D eigenvalue weighted by atomic mass is 10.4. The van der Waals surface area contributed by atoms with Gasteiger partial charge in [0, 0.05) is 16.0 Å². The summed E-state index contributed by atoms with van der Waals surface area (Å²) >= 11 is 0. The predicted octanol–water partition coefficient (Wildman–Crippen LogP) is -1.18. The molecule has 0 atom stereocenters. The van der Waals surface area contributed by atoms with Crippen LogP contribution in [0.25, 0.3) is 0 Å². The zero-order valence-electron chi connectivity index (χ0n) is 7.59. The highest BCUT2D eigenvalue weighted by molar-refractivity contribution is 7.79. The van der Waals surface area contributed by atoms with Gasteiger partial charge in [-0.3, -0.25) is 8.42 Å². The van der Waals surface area contributed by atoms with Crippen molar-refractivity contribution in [2.75, 3.05) is 0 Å². The first-order valence-corrected chi connectivity index (χ1v) is 4.69. The van der Waals surface area contributed by atoms with Crippen LogP contribution in [0.2, 0.25) is 0 Å². The molecule has 1 aromatic rings. The maximum atomic E-state index is 8.52. The fraction of sp³-hybridized carbons (Fsp3) is 0.500. The van der Waals surface area contributed by atoms with E-state index in [1.54, 1.807) is 0 Å². The summed E-state index contributed by atoms with van der Waals surface area (Å²) in [4.78, 5) is 0. The van der Waals surface area contributed by atoms with Gasteiger partial charge in [-0.15, -0.1) is 4.68 Å². The van der Waals surface area contributed by atoms with Crippen LogP contribution < -0.4 is 4.68 Å². The van der Waals surface area contributed by atoms with Gasteiger partial charge in [0.15, 0.2) is 13.2 Å². The molecule has 0 unspecified atom stereocenters. The number of nitrogens with zero attached hydrogens (tertiary/aromatic N) is 2. The number of hydrogen-bond donors (Lipinski definition) is 0. The second-order valence-corrected chi connectivity index (χ2v) is 3.37. The van der Waals surface area contributed by atoms with Gasteiger partial charge in [-0.2, -0.15) is 4.68 Å². The van der Waals surface area contributed by atoms with Gasteiger partial charge in [0.1, 0.15) is 0 Å². The minimum Gasteiger partial charge on any atom is -0.759 e. The SMILES string of the molecule is Cc1cn(C)[n+](C)c1.O=S(=O)([O-])[O-]. The highest BCUT2D eigenvalue weighted by atomic mass is 32.3. The molecule has 1 rings (SSSR count). The van der Waals surface area contributed by atoms with Crippen molar-refractivity contribution in [1.82, 2.24) is 4.68 Å². The van der Waals surface area contributed by atoms with E-state index in [2.05, 4.69) is 19.3 Å². The van der Waals surface area contributed by atoms with Crippen molar-refractivity contribution >= 4 is 10.4 Å². The highest BCUT2D eigenvalue weighted by Crippen LogP contribution is 1.86.